The third-order valence-corrected chi connectivity index (χ3v) is 5.48. The number of amides is 1. The molecule has 0 aliphatic heterocycles. The van der Waals surface area contributed by atoms with Crippen LogP contribution in [0.4, 0.5) is 0 Å². The Bertz CT molecular complexity index is 358. The van der Waals surface area contributed by atoms with Gasteiger partial charge in [0.25, 0.3) is 5.91 Å². The van der Waals surface area contributed by atoms with Crippen molar-refractivity contribution in [3.05, 3.63) is 22.4 Å². The van der Waals surface area contributed by atoms with Crippen LogP contribution in [0, 0.1) is 5.41 Å². The summed E-state index contributed by atoms with van der Waals surface area (Å²) < 4.78 is 0. The molecule has 1 aliphatic carbocycles. The molecular formula is C13H18BrNOS. The van der Waals surface area contributed by atoms with Crippen LogP contribution in [0.25, 0.3) is 0 Å². The van der Waals surface area contributed by atoms with Crippen LogP contribution in [0.5, 0.6) is 0 Å². The Hall–Kier alpha value is -0.350. The van der Waals surface area contributed by atoms with Crippen LogP contribution in [0.2, 0.25) is 0 Å². The minimum Gasteiger partial charge on any atom is -0.351 e. The van der Waals surface area contributed by atoms with Gasteiger partial charge in [-0.3, -0.25) is 4.79 Å². The molecule has 1 N–H and O–H groups in total. The van der Waals surface area contributed by atoms with E-state index in [-0.39, 0.29) is 11.3 Å². The van der Waals surface area contributed by atoms with Gasteiger partial charge in [0.15, 0.2) is 0 Å². The molecule has 1 fully saturated rings. The molecule has 0 unspecified atom stereocenters. The Kier molecular flexibility index (Phi) is 4.62. The van der Waals surface area contributed by atoms with Crippen molar-refractivity contribution in [1.29, 1.82) is 0 Å². The number of hydrogen-bond donors (Lipinski definition) is 1. The summed E-state index contributed by atoms with van der Waals surface area (Å²) in [6, 6.07) is 1.88. The van der Waals surface area contributed by atoms with E-state index in [2.05, 4.69) is 21.2 Å². The summed E-state index contributed by atoms with van der Waals surface area (Å²) >= 11 is 5.18. The van der Waals surface area contributed by atoms with E-state index in [0.717, 1.165) is 17.4 Å². The van der Waals surface area contributed by atoms with Crippen molar-refractivity contribution in [3.8, 4) is 0 Å². The van der Waals surface area contributed by atoms with E-state index in [0.29, 0.717) is 0 Å². The molecule has 2 nitrogen and oxygen atoms in total. The fraction of sp³-hybridized carbons (Fsp3) is 0.615. The van der Waals surface area contributed by atoms with Crippen LogP contribution in [0.3, 0.4) is 0 Å². The summed E-state index contributed by atoms with van der Waals surface area (Å²) in [6.07, 6.45) is 6.37. The summed E-state index contributed by atoms with van der Waals surface area (Å²) in [6.45, 7) is 0.799. The van der Waals surface area contributed by atoms with Crippen molar-refractivity contribution in [1.82, 2.24) is 5.32 Å². The first-order chi connectivity index (χ1) is 8.26. The molecule has 1 saturated carbocycles. The maximum absolute atomic E-state index is 11.9. The maximum Gasteiger partial charge on any atom is 0.252 e. The van der Waals surface area contributed by atoms with Gasteiger partial charge in [0, 0.05) is 22.8 Å². The van der Waals surface area contributed by atoms with Crippen molar-refractivity contribution in [2.75, 3.05) is 11.9 Å². The molecule has 1 heterocycles. The van der Waals surface area contributed by atoms with E-state index >= 15 is 0 Å². The largest absolute Gasteiger partial charge is 0.351 e. The molecule has 0 spiro atoms. The second kappa shape index (κ2) is 6.01. The summed E-state index contributed by atoms with van der Waals surface area (Å²) in [7, 11) is 0. The van der Waals surface area contributed by atoms with E-state index in [4.69, 9.17) is 0 Å². The lowest BCUT2D eigenvalue weighted by Gasteiger charge is -2.35. The highest BCUT2D eigenvalue weighted by atomic mass is 79.9. The molecule has 1 aromatic heterocycles. The highest BCUT2D eigenvalue weighted by Gasteiger charge is 2.31. The van der Waals surface area contributed by atoms with E-state index < -0.39 is 0 Å². The fourth-order valence-corrected chi connectivity index (χ4v) is 3.82. The number of thiophene rings is 1. The molecular weight excluding hydrogens is 298 g/mol. The van der Waals surface area contributed by atoms with Crippen LogP contribution in [0.1, 0.15) is 42.5 Å². The second-order valence-electron chi connectivity index (χ2n) is 4.89. The van der Waals surface area contributed by atoms with Gasteiger partial charge in [-0.25, -0.2) is 0 Å². The van der Waals surface area contributed by atoms with E-state index in [9.17, 15) is 4.79 Å². The zero-order valence-electron chi connectivity index (χ0n) is 9.88. The Morgan fingerprint density at radius 3 is 2.76 bits per heavy atom. The van der Waals surface area contributed by atoms with Gasteiger partial charge < -0.3 is 5.32 Å². The van der Waals surface area contributed by atoms with Crippen LogP contribution < -0.4 is 5.32 Å². The van der Waals surface area contributed by atoms with Crippen LogP contribution >= 0.6 is 27.3 Å². The number of rotatable bonds is 4. The molecule has 1 aliphatic rings. The van der Waals surface area contributed by atoms with E-state index in [1.807, 2.05) is 16.8 Å². The monoisotopic (exact) mass is 315 g/mol. The van der Waals surface area contributed by atoms with Crippen molar-refractivity contribution in [2.45, 2.75) is 32.1 Å². The fourth-order valence-electron chi connectivity index (χ4n) is 2.42. The first kappa shape index (κ1) is 13.1. The number of carbonyl (C=O) groups excluding carboxylic acids is 1. The number of nitrogens with one attached hydrogen (secondary N) is 1. The third-order valence-electron chi connectivity index (χ3n) is 3.60. The lowest BCUT2D eigenvalue weighted by atomic mass is 9.75. The quantitative estimate of drug-likeness (QED) is 0.841. The van der Waals surface area contributed by atoms with Crippen molar-refractivity contribution in [3.63, 3.8) is 0 Å². The summed E-state index contributed by atoms with van der Waals surface area (Å²) in [4.78, 5) is 11.9. The van der Waals surface area contributed by atoms with Gasteiger partial charge in [-0.1, -0.05) is 35.2 Å². The van der Waals surface area contributed by atoms with Gasteiger partial charge in [-0.05, 0) is 29.7 Å². The number of alkyl halides is 1. The zero-order chi connectivity index (χ0) is 12.1. The molecule has 4 heteroatoms. The highest BCUT2D eigenvalue weighted by Crippen LogP contribution is 2.37. The Labute approximate surface area is 115 Å². The molecule has 1 aromatic rings. The minimum absolute atomic E-state index is 0.0668. The molecule has 94 valence electrons. The third kappa shape index (κ3) is 3.32. The highest BCUT2D eigenvalue weighted by molar-refractivity contribution is 9.09. The average Bonchev–Trinajstić information content (AvgIpc) is 2.91. The number of halogens is 1. The molecule has 0 saturated heterocycles. The molecule has 0 aromatic carbocycles. The topological polar surface area (TPSA) is 29.1 Å². The molecule has 2 rings (SSSR count). The molecule has 17 heavy (non-hydrogen) atoms. The van der Waals surface area contributed by atoms with Crippen molar-refractivity contribution < 1.29 is 4.79 Å². The van der Waals surface area contributed by atoms with Crippen molar-refractivity contribution in [2.24, 2.45) is 5.41 Å². The molecule has 1 amide bonds. The van der Waals surface area contributed by atoms with Gasteiger partial charge in [-0.2, -0.15) is 11.3 Å². The molecule has 0 atom stereocenters. The van der Waals surface area contributed by atoms with Crippen LogP contribution in [-0.4, -0.2) is 17.8 Å². The minimum atomic E-state index is 0.0668. The van der Waals surface area contributed by atoms with E-state index in [1.165, 1.54) is 32.1 Å². The first-order valence-electron chi connectivity index (χ1n) is 6.12. The molecule has 0 bridgehead atoms. The predicted molar refractivity (Wildman–Crippen MR) is 76.0 cm³/mol. The summed E-state index contributed by atoms with van der Waals surface area (Å²) in [5.74, 6) is 0.0668. The van der Waals surface area contributed by atoms with Gasteiger partial charge in [0.05, 0.1) is 0 Å². The number of hydrogen-bond acceptors (Lipinski definition) is 2. The van der Waals surface area contributed by atoms with Crippen LogP contribution in [-0.2, 0) is 0 Å². The molecule has 0 radical (unpaired) electrons. The van der Waals surface area contributed by atoms with Crippen LogP contribution in [0.15, 0.2) is 16.8 Å². The standard InChI is InChI=1S/C13H18BrNOS/c14-9-13(5-2-1-3-6-13)10-15-12(16)11-4-7-17-8-11/h4,7-8H,1-3,5-6,9-10H2,(H,15,16). The lowest BCUT2D eigenvalue weighted by molar-refractivity contribution is 0.0922. The normalized spacial score (nSPS) is 18.9. The predicted octanol–water partition coefficient (Wildman–Crippen LogP) is 3.82. The van der Waals surface area contributed by atoms with Gasteiger partial charge in [0.2, 0.25) is 0 Å². The Balaban J connectivity index is 1.89. The van der Waals surface area contributed by atoms with E-state index in [1.54, 1.807) is 11.3 Å². The summed E-state index contributed by atoms with van der Waals surface area (Å²) in [5, 5.41) is 7.91. The SMILES string of the molecule is O=C(NCC1(CBr)CCCCC1)c1ccsc1. The van der Waals surface area contributed by atoms with Gasteiger partial charge in [-0.15, -0.1) is 0 Å². The van der Waals surface area contributed by atoms with Crippen molar-refractivity contribution >= 4 is 33.2 Å². The number of carbonyl (C=O) groups is 1. The first-order valence-corrected chi connectivity index (χ1v) is 8.19. The lowest BCUT2D eigenvalue weighted by Crippen LogP contribution is -2.40. The summed E-state index contributed by atoms with van der Waals surface area (Å²) in [5.41, 5.74) is 1.07. The van der Waals surface area contributed by atoms with Gasteiger partial charge >= 0.3 is 0 Å². The van der Waals surface area contributed by atoms with Gasteiger partial charge in [0.1, 0.15) is 0 Å². The second-order valence-corrected chi connectivity index (χ2v) is 6.23. The zero-order valence-corrected chi connectivity index (χ0v) is 12.3. The Morgan fingerprint density at radius 2 is 2.18 bits per heavy atom. The average molecular weight is 316 g/mol. The maximum atomic E-state index is 11.9. The Morgan fingerprint density at radius 1 is 1.41 bits per heavy atom. The smallest absolute Gasteiger partial charge is 0.252 e.